The number of primary amides is 1. The van der Waals surface area contributed by atoms with Gasteiger partial charge in [0.1, 0.15) is 6.04 Å². The molecule has 0 spiro atoms. The van der Waals surface area contributed by atoms with Gasteiger partial charge in [0.15, 0.2) is 0 Å². The van der Waals surface area contributed by atoms with Crippen molar-refractivity contribution >= 4 is 17.7 Å². The Labute approximate surface area is 100 Å². The highest BCUT2D eigenvalue weighted by atomic mass is 16.2. The van der Waals surface area contributed by atoms with Crippen LogP contribution in [0.2, 0.25) is 0 Å². The maximum atomic E-state index is 11.7. The van der Waals surface area contributed by atoms with Gasteiger partial charge in [0.2, 0.25) is 17.7 Å². The fourth-order valence-electron chi connectivity index (χ4n) is 1.20. The van der Waals surface area contributed by atoms with E-state index in [2.05, 4.69) is 16.0 Å². The van der Waals surface area contributed by atoms with Gasteiger partial charge in [0, 0.05) is 0 Å². The molecule has 0 aromatic heterocycles. The van der Waals surface area contributed by atoms with E-state index in [-0.39, 0.29) is 24.9 Å². The first kappa shape index (κ1) is 15.4. The van der Waals surface area contributed by atoms with E-state index in [9.17, 15) is 14.4 Å². The van der Waals surface area contributed by atoms with Crippen LogP contribution >= 0.6 is 0 Å². The lowest BCUT2D eigenvalue weighted by molar-refractivity contribution is -0.130. The highest BCUT2D eigenvalue weighted by Crippen LogP contribution is 2.01. The lowest BCUT2D eigenvalue weighted by Gasteiger charge is -2.21. The van der Waals surface area contributed by atoms with Crippen LogP contribution in [-0.2, 0) is 14.4 Å². The molecule has 1 atom stereocenters. The summed E-state index contributed by atoms with van der Waals surface area (Å²) in [4.78, 5) is 33.6. The van der Waals surface area contributed by atoms with Crippen molar-refractivity contribution in [3.05, 3.63) is 0 Å². The number of rotatable bonds is 7. The van der Waals surface area contributed by atoms with E-state index in [1.165, 1.54) is 0 Å². The molecule has 0 fully saturated rings. The average Bonchev–Trinajstić information content (AvgIpc) is 2.22. The van der Waals surface area contributed by atoms with E-state index in [4.69, 9.17) is 5.73 Å². The SMILES string of the molecule is CNCC(=O)N[C@H](C(=O)NCC(N)=O)C(C)C. The van der Waals surface area contributed by atoms with Crippen LogP contribution < -0.4 is 21.7 Å². The summed E-state index contributed by atoms with van der Waals surface area (Å²) in [6.07, 6.45) is 0. The summed E-state index contributed by atoms with van der Waals surface area (Å²) >= 11 is 0. The minimum Gasteiger partial charge on any atom is -0.368 e. The van der Waals surface area contributed by atoms with E-state index >= 15 is 0 Å². The molecule has 0 heterocycles. The maximum absolute atomic E-state index is 11.7. The Kier molecular flexibility index (Phi) is 6.88. The number of nitrogens with one attached hydrogen (secondary N) is 3. The first-order valence-electron chi connectivity index (χ1n) is 5.38. The second-order valence-corrected chi connectivity index (χ2v) is 4.00. The van der Waals surface area contributed by atoms with Crippen molar-refractivity contribution in [3.63, 3.8) is 0 Å². The van der Waals surface area contributed by atoms with Gasteiger partial charge in [-0.25, -0.2) is 0 Å². The molecule has 0 aromatic carbocycles. The monoisotopic (exact) mass is 244 g/mol. The molecule has 0 aliphatic carbocycles. The van der Waals surface area contributed by atoms with E-state index in [0.717, 1.165) is 0 Å². The van der Waals surface area contributed by atoms with E-state index in [1.807, 2.05) is 0 Å². The minimum absolute atomic E-state index is 0.0799. The van der Waals surface area contributed by atoms with Gasteiger partial charge in [-0.1, -0.05) is 13.8 Å². The molecule has 7 heteroatoms. The molecule has 0 rings (SSSR count). The highest BCUT2D eigenvalue weighted by molar-refractivity contribution is 5.90. The molecule has 0 aliphatic rings. The molecule has 0 aromatic rings. The minimum atomic E-state index is -0.671. The molecule has 3 amide bonds. The molecule has 0 radical (unpaired) electrons. The molecule has 0 saturated heterocycles. The molecular weight excluding hydrogens is 224 g/mol. The number of hydrogen-bond acceptors (Lipinski definition) is 4. The number of hydrogen-bond donors (Lipinski definition) is 4. The summed E-state index contributed by atoms with van der Waals surface area (Å²) in [5.41, 5.74) is 4.91. The predicted octanol–water partition coefficient (Wildman–Crippen LogP) is -2.05. The van der Waals surface area contributed by atoms with Crippen molar-refractivity contribution in [2.75, 3.05) is 20.1 Å². The fourth-order valence-corrected chi connectivity index (χ4v) is 1.20. The van der Waals surface area contributed by atoms with Gasteiger partial charge in [-0.3, -0.25) is 14.4 Å². The molecule has 17 heavy (non-hydrogen) atoms. The number of amides is 3. The Morgan fingerprint density at radius 1 is 1.18 bits per heavy atom. The quantitative estimate of drug-likeness (QED) is 0.412. The molecule has 0 bridgehead atoms. The van der Waals surface area contributed by atoms with Gasteiger partial charge in [-0.05, 0) is 13.0 Å². The zero-order valence-corrected chi connectivity index (χ0v) is 10.4. The molecule has 0 aliphatic heterocycles. The third-order valence-corrected chi connectivity index (χ3v) is 2.04. The Hall–Kier alpha value is -1.63. The van der Waals surface area contributed by atoms with Crippen LogP contribution in [0.15, 0.2) is 0 Å². The van der Waals surface area contributed by atoms with Crippen LogP contribution in [0.5, 0.6) is 0 Å². The number of carbonyl (C=O) groups is 3. The topological polar surface area (TPSA) is 113 Å². The number of likely N-dealkylation sites (N-methyl/N-ethyl adjacent to an activating group) is 1. The van der Waals surface area contributed by atoms with Gasteiger partial charge in [0.25, 0.3) is 0 Å². The Bertz CT molecular complexity index is 291. The first-order chi connectivity index (χ1) is 7.88. The van der Waals surface area contributed by atoms with Gasteiger partial charge in [-0.2, -0.15) is 0 Å². The van der Waals surface area contributed by atoms with Crippen molar-refractivity contribution in [1.29, 1.82) is 0 Å². The summed E-state index contributed by atoms with van der Waals surface area (Å²) in [6.45, 7) is 3.50. The molecule has 5 N–H and O–H groups in total. The normalized spacial score (nSPS) is 12.0. The predicted molar refractivity (Wildman–Crippen MR) is 62.9 cm³/mol. The Morgan fingerprint density at radius 2 is 1.76 bits per heavy atom. The maximum Gasteiger partial charge on any atom is 0.243 e. The first-order valence-corrected chi connectivity index (χ1v) is 5.38. The van der Waals surface area contributed by atoms with Crippen molar-refractivity contribution in [2.24, 2.45) is 11.7 Å². The Morgan fingerprint density at radius 3 is 2.18 bits per heavy atom. The molecular formula is C10H20N4O3. The third-order valence-electron chi connectivity index (χ3n) is 2.04. The highest BCUT2D eigenvalue weighted by Gasteiger charge is 2.23. The third kappa shape index (κ3) is 6.52. The lowest BCUT2D eigenvalue weighted by Crippen LogP contribution is -2.52. The summed E-state index contributed by atoms with van der Waals surface area (Å²) in [5.74, 6) is -1.39. The van der Waals surface area contributed by atoms with Gasteiger partial charge >= 0.3 is 0 Å². The standard InChI is InChI=1S/C10H20N4O3/c1-6(2)9(14-8(16)5-12-3)10(17)13-4-7(11)15/h6,9,12H,4-5H2,1-3H3,(H2,11,15)(H,13,17)(H,14,16)/t9-/m0/s1. The summed E-state index contributed by atoms with van der Waals surface area (Å²) in [5, 5.41) is 7.62. The van der Waals surface area contributed by atoms with Crippen LogP contribution in [0.4, 0.5) is 0 Å². The Balaban J connectivity index is 4.36. The second-order valence-electron chi connectivity index (χ2n) is 4.00. The number of carbonyl (C=O) groups excluding carboxylic acids is 3. The summed E-state index contributed by atoms with van der Waals surface area (Å²) in [6, 6.07) is -0.671. The van der Waals surface area contributed by atoms with E-state index in [0.29, 0.717) is 0 Å². The second kappa shape index (κ2) is 7.61. The van der Waals surface area contributed by atoms with E-state index in [1.54, 1.807) is 20.9 Å². The van der Waals surface area contributed by atoms with Crippen molar-refractivity contribution < 1.29 is 14.4 Å². The van der Waals surface area contributed by atoms with Crippen LogP contribution in [0.1, 0.15) is 13.8 Å². The van der Waals surface area contributed by atoms with Crippen LogP contribution in [0, 0.1) is 5.92 Å². The van der Waals surface area contributed by atoms with Crippen LogP contribution in [-0.4, -0.2) is 43.9 Å². The smallest absolute Gasteiger partial charge is 0.243 e. The molecule has 98 valence electrons. The van der Waals surface area contributed by atoms with Crippen LogP contribution in [0.3, 0.4) is 0 Å². The molecule has 0 unspecified atom stereocenters. The summed E-state index contributed by atoms with van der Waals surface area (Å²) < 4.78 is 0. The van der Waals surface area contributed by atoms with E-state index < -0.39 is 17.9 Å². The van der Waals surface area contributed by atoms with Crippen molar-refractivity contribution in [1.82, 2.24) is 16.0 Å². The van der Waals surface area contributed by atoms with Crippen molar-refractivity contribution in [3.8, 4) is 0 Å². The molecule has 7 nitrogen and oxygen atoms in total. The zero-order chi connectivity index (χ0) is 13.4. The largest absolute Gasteiger partial charge is 0.368 e. The van der Waals surface area contributed by atoms with Crippen molar-refractivity contribution in [2.45, 2.75) is 19.9 Å². The average molecular weight is 244 g/mol. The zero-order valence-electron chi connectivity index (χ0n) is 10.4. The van der Waals surface area contributed by atoms with Gasteiger partial charge in [-0.15, -0.1) is 0 Å². The van der Waals surface area contributed by atoms with Gasteiger partial charge < -0.3 is 21.7 Å². The summed E-state index contributed by atoms with van der Waals surface area (Å²) in [7, 11) is 1.64. The fraction of sp³-hybridized carbons (Fsp3) is 0.700. The molecule has 0 saturated carbocycles. The number of nitrogens with two attached hydrogens (primary N) is 1. The van der Waals surface area contributed by atoms with Crippen LogP contribution in [0.25, 0.3) is 0 Å². The van der Waals surface area contributed by atoms with Gasteiger partial charge in [0.05, 0.1) is 13.1 Å². The lowest BCUT2D eigenvalue weighted by atomic mass is 10.0.